The summed E-state index contributed by atoms with van der Waals surface area (Å²) < 4.78 is 5.37. The normalized spacial score (nSPS) is 18.0. The van der Waals surface area contributed by atoms with Gasteiger partial charge in [-0.2, -0.15) is 0 Å². The number of alkyl carbamates (subject to hydrolysis) is 1. The second-order valence-corrected chi connectivity index (χ2v) is 8.77. The number of rotatable bonds is 7. The van der Waals surface area contributed by atoms with Gasteiger partial charge in [0.1, 0.15) is 5.60 Å². The molecule has 0 saturated heterocycles. The maximum absolute atomic E-state index is 12.3. The molecule has 0 heterocycles. The van der Waals surface area contributed by atoms with E-state index >= 15 is 0 Å². The number of hydrogen-bond acceptors (Lipinski definition) is 4. The minimum absolute atomic E-state index is 0.426. The lowest BCUT2D eigenvalue weighted by atomic mass is 9.95. The third-order valence-electron chi connectivity index (χ3n) is 4.79. The van der Waals surface area contributed by atoms with E-state index in [2.05, 4.69) is 10.6 Å². The average molecular weight is 397 g/mol. The van der Waals surface area contributed by atoms with Crippen molar-refractivity contribution in [3.8, 4) is 0 Å². The van der Waals surface area contributed by atoms with Gasteiger partial charge in [-0.05, 0) is 51.7 Å². The van der Waals surface area contributed by atoms with Gasteiger partial charge in [0.05, 0.1) is 12.1 Å². The number of carbonyl (C=O) groups is 1. The van der Waals surface area contributed by atoms with Crippen LogP contribution in [0.4, 0.5) is 4.79 Å². The van der Waals surface area contributed by atoms with Crippen molar-refractivity contribution in [1.82, 2.24) is 10.6 Å². The summed E-state index contributed by atoms with van der Waals surface area (Å²) in [6.07, 6.45) is 5.19. The molecule has 1 aliphatic carbocycles. The third-order valence-corrected chi connectivity index (χ3v) is 5.15. The van der Waals surface area contributed by atoms with Crippen molar-refractivity contribution in [3.05, 3.63) is 34.9 Å². The standard InChI is InChI=1S/C21H33ClN2O3/c1-21(2,3)27-20(26)24-18(13-15-9-7-8-12-17(15)22)19(25)14-23-16-10-5-4-6-11-16/h7-9,12,16,18-19,23,25H,4-6,10-11,13-14H2,1-3H3,(H,24,26)/t18-,19+/m0/s1. The van der Waals surface area contributed by atoms with Gasteiger partial charge >= 0.3 is 6.09 Å². The molecule has 0 unspecified atom stereocenters. The molecule has 1 aromatic carbocycles. The fourth-order valence-corrected chi connectivity index (χ4v) is 3.59. The lowest BCUT2D eigenvalue weighted by molar-refractivity contribution is 0.0418. The van der Waals surface area contributed by atoms with Crippen LogP contribution in [-0.4, -0.2) is 41.5 Å². The summed E-state index contributed by atoms with van der Waals surface area (Å²) in [4.78, 5) is 12.3. The Morgan fingerprint density at radius 1 is 1.26 bits per heavy atom. The quantitative estimate of drug-likeness (QED) is 0.650. The summed E-state index contributed by atoms with van der Waals surface area (Å²) in [6, 6.07) is 7.44. The number of nitrogens with one attached hydrogen (secondary N) is 2. The van der Waals surface area contributed by atoms with E-state index in [1.54, 1.807) is 0 Å². The topological polar surface area (TPSA) is 70.6 Å². The Morgan fingerprint density at radius 2 is 1.93 bits per heavy atom. The molecule has 0 aromatic heterocycles. The van der Waals surface area contributed by atoms with Crippen molar-refractivity contribution in [2.75, 3.05) is 6.54 Å². The van der Waals surface area contributed by atoms with Crippen LogP contribution < -0.4 is 10.6 Å². The highest BCUT2D eigenvalue weighted by atomic mass is 35.5. The van der Waals surface area contributed by atoms with Crippen molar-refractivity contribution in [2.45, 2.75) is 83.1 Å². The van der Waals surface area contributed by atoms with E-state index in [-0.39, 0.29) is 0 Å². The van der Waals surface area contributed by atoms with Gasteiger partial charge in [0.25, 0.3) is 0 Å². The zero-order chi connectivity index (χ0) is 19.9. The molecule has 1 aromatic rings. The molecule has 6 heteroatoms. The highest BCUT2D eigenvalue weighted by Crippen LogP contribution is 2.19. The highest BCUT2D eigenvalue weighted by molar-refractivity contribution is 6.31. The molecule has 1 fully saturated rings. The predicted octanol–water partition coefficient (Wildman–Crippen LogP) is 4.06. The van der Waals surface area contributed by atoms with Crippen molar-refractivity contribution in [2.24, 2.45) is 0 Å². The van der Waals surface area contributed by atoms with E-state index in [0.29, 0.717) is 24.0 Å². The molecule has 1 amide bonds. The van der Waals surface area contributed by atoms with Crippen molar-refractivity contribution < 1.29 is 14.6 Å². The lowest BCUT2D eigenvalue weighted by Gasteiger charge is -2.29. The fraction of sp³-hybridized carbons (Fsp3) is 0.667. The number of aliphatic hydroxyl groups is 1. The zero-order valence-corrected chi connectivity index (χ0v) is 17.4. The number of benzene rings is 1. The largest absolute Gasteiger partial charge is 0.444 e. The van der Waals surface area contributed by atoms with Crippen LogP contribution in [0.2, 0.25) is 5.02 Å². The molecule has 0 bridgehead atoms. The number of carbonyl (C=O) groups excluding carboxylic acids is 1. The first-order chi connectivity index (χ1) is 12.7. The molecule has 1 saturated carbocycles. The molecule has 3 N–H and O–H groups in total. The fourth-order valence-electron chi connectivity index (χ4n) is 3.38. The molecule has 2 rings (SSSR count). The molecule has 27 heavy (non-hydrogen) atoms. The molecule has 152 valence electrons. The minimum atomic E-state index is -0.740. The van der Waals surface area contributed by atoms with Crippen LogP contribution in [0.3, 0.4) is 0 Å². The Hall–Kier alpha value is -1.30. The van der Waals surface area contributed by atoms with Gasteiger partial charge in [-0.15, -0.1) is 0 Å². The highest BCUT2D eigenvalue weighted by Gasteiger charge is 2.26. The van der Waals surface area contributed by atoms with E-state index in [9.17, 15) is 9.90 Å². The molecule has 1 aliphatic rings. The van der Waals surface area contributed by atoms with Crippen molar-refractivity contribution >= 4 is 17.7 Å². The van der Waals surface area contributed by atoms with Crippen molar-refractivity contribution in [1.29, 1.82) is 0 Å². The van der Waals surface area contributed by atoms with Crippen LogP contribution in [0, 0.1) is 0 Å². The maximum Gasteiger partial charge on any atom is 0.407 e. The molecular formula is C21H33ClN2O3. The van der Waals surface area contributed by atoms with Crippen LogP contribution in [0.1, 0.15) is 58.4 Å². The van der Waals surface area contributed by atoms with Crippen LogP contribution >= 0.6 is 11.6 Å². The van der Waals surface area contributed by atoms with Gasteiger partial charge in [0.2, 0.25) is 0 Å². The number of aliphatic hydroxyl groups excluding tert-OH is 1. The lowest BCUT2D eigenvalue weighted by Crippen LogP contribution is -2.51. The molecule has 5 nitrogen and oxygen atoms in total. The van der Waals surface area contributed by atoms with Crippen LogP contribution in [0.15, 0.2) is 24.3 Å². The average Bonchev–Trinajstić information content (AvgIpc) is 2.60. The predicted molar refractivity (Wildman–Crippen MR) is 109 cm³/mol. The van der Waals surface area contributed by atoms with Crippen LogP contribution in [-0.2, 0) is 11.2 Å². The number of halogens is 1. The van der Waals surface area contributed by atoms with E-state index in [0.717, 1.165) is 18.4 Å². The molecule has 0 aliphatic heterocycles. The summed E-state index contributed by atoms with van der Waals surface area (Å²) in [5.74, 6) is 0. The van der Waals surface area contributed by atoms with E-state index in [1.807, 2.05) is 45.0 Å². The van der Waals surface area contributed by atoms with Crippen LogP contribution in [0.5, 0.6) is 0 Å². The number of amides is 1. The molecular weight excluding hydrogens is 364 g/mol. The van der Waals surface area contributed by atoms with E-state index < -0.39 is 23.8 Å². The second-order valence-electron chi connectivity index (χ2n) is 8.36. The summed E-state index contributed by atoms with van der Waals surface area (Å²) >= 11 is 6.27. The zero-order valence-electron chi connectivity index (χ0n) is 16.6. The number of ether oxygens (including phenoxy) is 1. The van der Waals surface area contributed by atoms with Gasteiger partial charge in [0, 0.05) is 17.6 Å². The Morgan fingerprint density at radius 3 is 2.56 bits per heavy atom. The van der Waals surface area contributed by atoms with Crippen LogP contribution in [0.25, 0.3) is 0 Å². The van der Waals surface area contributed by atoms with Gasteiger partial charge in [-0.1, -0.05) is 49.1 Å². The minimum Gasteiger partial charge on any atom is -0.444 e. The Bertz CT molecular complexity index is 597. The molecule has 0 radical (unpaired) electrons. The maximum atomic E-state index is 12.3. The number of hydrogen-bond donors (Lipinski definition) is 3. The van der Waals surface area contributed by atoms with Gasteiger partial charge < -0.3 is 20.5 Å². The third kappa shape index (κ3) is 8.08. The second kappa shape index (κ2) is 10.3. The van der Waals surface area contributed by atoms with Gasteiger partial charge in [-0.25, -0.2) is 4.79 Å². The molecule has 2 atom stereocenters. The Balaban J connectivity index is 2.00. The van der Waals surface area contributed by atoms with E-state index in [4.69, 9.17) is 16.3 Å². The van der Waals surface area contributed by atoms with Gasteiger partial charge in [0.15, 0.2) is 0 Å². The Kier molecular flexibility index (Phi) is 8.39. The molecule has 0 spiro atoms. The SMILES string of the molecule is CC(C)(C)OC(=O)N[C@@H](Cc1ccccc1Cl)[C@H](O)CNC1CCCCC1. The summed E-state index contributed by atoms with van der Waals surface area (Å²) in [6.45, 7) is 5.87. The monoisotopic (exact) mass is 396 g/mol. The smallest absolute Gasteiger partial charge is 0.407 e. The summed E-state index contributed by atoms with van der Waals surface area (Å²) in [5, 5.41) is 17.7. The first kappa shape index (κ1) is 22.0. The summed E-state index contributed by atoms with van der Waals surface area (Å²) in [5.41, 5.74) is 0.293. The first-order valence-electron chi connectivity index (χ1n) is 9.89. The van der Waals surface area contributed by atoms with Crippen molar-refractivity contribution in [3.63, 3.8) is 0 Å². The summed E-state index contributed by atoms with van der Waals surface area (Å²) in [7, 11) is 0. The van der Waals surface area contributed by atoms with Gasteiger partial charge in [-0.3, -0.25) is 0 Å². The Labute approximate surface area is 167 Å². The van der Waals surface area contributed by atoms with E-state index in [1.165, 1.54) is 19.3 Å². The first-order valence-corrected chi connectivity index (χ1v) is 10.3.